The first kappa shape index (κ1) is 18.3. The molecular formula is C14H19N3O6S. The third-order valence-corrected chi connectivity index (χ3v) is 4.23. The molecule has 10 heteroatoms. The highest BCUT2D eigenvalue weighted by atomic mass is 32.2. The minimum absolute atomic E-state index is 0.0889. The molecule has 0 radical (unpaired) electrons. The van der Waals surface area contributed by atoms with Gasteiger partial charge in [0.2, 0.25) is 11.8 Å². The van der Waals surface area contributed by atoms with E-state index in [0.29, 0.717) is 24.7 Å². The molecule has 1 saturated heterocycles. The number of carbonyl (C=O) groups excluding carboxylic acids is 2. The van der Waals surface area contributed by atoms with Gasteiger partial charge < -0.3 is 24.6 Å². The maximum absolute atomic E-state index is 12.2. The van der Waals surface area contributed by atoms with E-state index in [9.17, 15) is 14.4 Å². The average Bonchev–Trinajstić information content (AvgIpc) is 2.92. The summed E-state index contributed by atoms with van der Waals surface area (Å²) in [5.74, 6) is -0.348. The quantitative estimate of drug-likeness (QED) is 0.717. The first-order valence-electron chi connectivity index (χ1n) is 7.35. The summed E-state index contributed by atoms with van der Waals surface area (Å²) in [6.45, 7) is 2.68. The highest BCUT2D eigenvalue weighted by Crippen LogP contribution is 2.14. The molecule has 1 aromatic rings. The van der Waals surface area contributed by atoms with Gasteiger partial charge in [0.05, 0.1) is 37.2 Å². The predicted octanol–water partition coefficient (Wildman–Crippen LogP) is 0.357. The lowest BCUT2D eigenvalue weighted by Gasteiger charge is -2.34. The van der Waals surface area contributed by atoms with Crippen molar-refractivity contribution in [1.82, 2.24) is 10.1 Å². The van der Waals surface area contributed by atoms with Gasteiger partial charge in [-0.15, -0.1) is 11.8 Å². The SMILES string of the molecule is Cc1cc(NC(=O)CSCC(=O)N2CCOCC2CC(=O)O)no1. The number of carbonyl (C=O) groups is 3. The maximum atomic E-state index is 12.2. The second-order valence-corrected chi connectivity index (χ2v) is 6.26. The fourth-order valence-electron chi connectivity index (χ4n) is 2.27. The second kappa shape index (κ2) is 8.69. The van der Waals surface area contributed by atoms with Gasteiger partial charge in [0.15, 0.2) is 5.82 Å². The summed E-state index contributed by atoms with van der Waals surface area (Å²) >= 11 is 1.16. The van der Waals surface area contributed by atoms with Gasteiger partial charge in [-0.05, 0) is 6.92 Å². The van der Waals surface area contributed by atoms with Gasteiger partial charge in [0.1, 0.15) is 5.76 Å². The molecule has 0 bridgehead atoms. The van der Waals surface area contributed by atoms with Crippen molar-refractivity contribution < 1.29 is 28.8 Å². The molecule has 2 rings (SSSR count). The Morgan fingerprint density at radius 2 is 2.25 bits per heavy atom. The molecule has 1 aliphatic rings. The monoisotopic (exact) mass is 357 g/mol. The summed E-state index contributed by atoms with van der Waals surface area (Å²) in [7, 11) is 0. The first-order chi connectivity index (χ1) is 11.5. The van der Waals surface area contributed by atoms with Crippen molar-refractivity contribution in [3.63, 3.8) is 0 Å². The summed E-state index contributed by atoms with van der Waals surface area (Å²) in [6.07, 6.45) is -0.150. The van der Waals surface area contributed by atoms with Crippen molar-refractivity contribution >= 4 is 35.4 Å². The molecular weight excluding hydrogens is 338 g/mol. The van der Waals surface area contributed by atoms with Crippen molar-refractivity contribution in [2.45, 2.75) is 19.4 Å². The minimum Gasteiger partial charge on any atom is -0.481 e. The molecule has 2 N–H and O–H groups in total. The summed E-state index contributed by atoms with van der Waals surface area (Å²) in [4.78, 5) is 36.4. The molecule has 1 aromatic heterocycles. The summed E-state index contributed by atoms with van der Waals surface area (Å²) in [5.41, 5.74) is 0. The Labute approximate surface area is 142 Å². The molecule has 1 unspecified atom stereocenters. The molecule has 2 amide bonds. The number of ether oxygens (including phenoxy) is 1. The molecule has 0 aliphatic carbocycles. The van der Waals surface area contributed by atoms with Crippen LogP contribution >= 0.6 is 11.8 Å². The molecule has 0 aromatic carbocycles. The number of carboxylic acid groups (broad SMARTS) is 1. The number of anilines is 1. The van der Waals surface area contributed by atoms with E-state index < -0.39 is 12.0 Å². The Bertz CT molecular complexity index is 605. The van der Waals surface area contributed by atoms with Crippen LogP contribution in [0.1, 0.15) is 12.2 Å². The van der Waals surface area contributed by atoms with Crippen molar-refractivity contribution in [3.8, 4) is 0 Å². The van der Waals surface area contributed by atoms with Crippen LogP contribution in [0.5, 0.6) is 0 Å². The zero-order valence-corrected chi connectivity index (χ0v) is 14.0. The Morgan fingerprint density at radius 3 is 2.92 bits per heavy atom. The van der Waals surface area contributed by atoms with Gasteiger partial charge in [-0.3, -0.25) is 14.4 Å². The van der Waals surface area contributed by atoms with Crippen molar-refractivity contribution in [3.05, 3.63) is 11.8 Å². The van der Waals surface area contributed by atoms with E-state index in [4.69, 9.17) is 14.4 Å². The van der Waals surface area contributed by atoms with Crippen LogP contribution in [0.25, 0.3) is 0 Å². The molecule has 132 valence electrons. The third-order valence-electron chi connectivity index (χ3n) is 3.31. The third kappa shape index (κ3) is 5.53. The number of rotatable bonds is 7. The van der Waals surface area contributed by atoms with E-state index in [2.05, 4.69) is 10.5 Å². The number of nitrogens with one attached hydrogen (secondary N) is 1. The van der Waals surface area contributed by atoms with Crippen LogP contribution in [0.2, 0.25) is 0 Å². The van der Waals surface area contributed by atoms with Gasteiger partial charge in [0, 0.05) is 12.6 Å². The number of aliphatic carboxylic acids is 1. The molecule has 1 fully saturated rings. The van der Waals surface area contributed by atoms with E-state index in [-0.39, 0.29) is 36.3 Å². The Morgan fingerprint density at radius 1 is 1.46 bits per heavy atom. The number of nitrogens with zero attached hydrogens (tertiary/aromatic N) is 2. The number of carboxylic acids is 1. The average molecular weight is 357 g/mol. The van der Waals surface area contributed by atoms with Crippen molar-refractivity contribution in [2.24, 2.45) is 0 Å². The molecule has 1 aliphatic heterocycles. The van der Waals surface area contributed by atoms with Crippen LogP contribution < -0.4 is 5.32 Å². The topological polar surface area (TPSA) is 122 Å². The number of morpholine rings is 1. The number of hydrogen-bond acceptors (Lipinski definition) is 7. The maximum Gasteiger partial charge on any atom is 0.305 e. The zero-order chi connectivity index (χ0) is 17.5. The molecule has 2 heterocycles. The van der Waals surface area contributed by atoms with Crippen LogP contribution in [-0.4, -0.2) is 70.3 Å². The van der Waals surface area contributed by atoms with Gasteiger partial charge in [-0.2, -0.15) is 0 Å². The summed E-state index contributed by atoms with van der Waals surface area (Å²) < 4.78 is 10.1. The number of amides is 2. The fraction of sp³-hybridized carbons (Fsp3) is 0.571. The lowest BCUT2D eigenvalue weighted by atomic mass is 10.1. The minimum atomic E-state index is -0.974. The van der Waals surface area contributed by atoms with Gasteiger partial charge in [-0.25, -0.2) is 0 Å². The van der Waals surface area contributed by atoms with Crippen molar-refractivity contribution in [1.29, 1.82) is 0 Å². The normalized spacial score (nSPS) is 17.5. The lowest BCUT2D eigenvalue weighted by molar-refractivity contribution is -0.144. The first-order valence-corrected chi connectivity index (χ1v) is 8.51. The van der Waals surface area contributed by atoms with E-state index >= 15 is 0 Å². The van der Waals surface area contributed by atoms with E-state index in [1.807, 2.05) is 0 Å². The van der Waals surface area contributed by atoms with Gasteiger partial charge >= 0.3 is 5.97 Å². The van der Waals surface area contributed by atoms with E-state index in [1.54, 1.807) is 13.0 Å². The standard InChI is InChI=1S/C14H19N3O6S/c1-9-4-11(16-23-9)15-12(18)7-24-8-13(19)17-2-3-22-6-10(17)5-14(20)21/h4,10H,2-3,5-8H2,1H3,(H,20,21)(H,15,16,18). The summed E-state index contributed by atoms with van der Waals surface area (Å²) in [6, 6.07) is 1.13. The van der Waals surface area contributed by atoms with Crippen molar-refractivity contribution in [2.75, 3.05) is 36.6 Å². The largest absolute Gasteiger partial charge is 0.481 e. The smallest absolute Gasteiger partial charge is 0.305 e. The highest BCUT2D eigenvalue weighted by molar-refractivity contribution is 8.00. The lowest BCUT2D eigenvalue weighted by Crippen LogP contribution is -2.50. The van der Waals surface area contributed by atoms with Crippen LogP contribution in [-0.2, 0) is 19.1 Å². The van der Waals surface area contributed by atoms with Crippen LogP contribution in [0.4, 0.5) is 5.82 Å². The molecule has 1 atom stereocenters. The number of thioether (sulfide) groups is 1. The number of hydrogen-bond donors (Lipinski definition) is 2. The zero-order valence-electron chi connectivity index (χ0n) is 13.2. The Balaban J connectivity index is 1.75. The second-order valence-electron chi connectivity index (χ2n) is 5.28. The number of aryl methyl sites for hydroxylation is 1. The van der Waals surface area contributed by atoms with Gasteiger partial charge in [0.25, 0.3) is 0 Å². The van der Waals surface area contributed by atoms with Crippen LogP contribution in [0.15, 0.2) is 10.6 Å². The molecule has 0 spiro atoms. The summed E-state index contributed by atoms with van der Waals surface area (Å²) in [5, 5.41) is 15.1. The fourth-order valence-corrected chi connectivity index (χ4v) is 2.97. The highest BCUT2D eigenvalue weighted by Gasteiger charge is 2.28. The van der Waals surface area contributed by atoms with E-state index in [0.717, 1.165) is 11.8 Å². The number of aromatic nitrogens is 1. The van der Waals surface area contributed by atoms with E-state index in [1.165, 1.54) is 4.90 Å². The molecule has 9 nitrogen and oxygen atoms in total. The molecule has 24 heavy (non-hydrogen) atoms. The Kier molecular flexibility index (Phi) is 6.62. The van der Waals surface area contributed by atoms with Crippen LogP contribution in [0, 0.1) is 6.92 Å². The van der Waals surface area contributed by atoms with Gasteiger partial charge in [-0.1, -0.05) is 5.16 Å². The molecule has 0 saturated carbocycles. The Hall–Kier alpha value is -2.07. The van der Waals surface area contributed by atoms with Crippen LogP contribution in [0.3, 0.4) is 0 Å². The predicted molar refractivity (Wildman–Crippen MR) is 85.8 cm³/mol.